The Morgan fingerprint density at radius 2 is 2.16 bits per heavy atom. The van der Waals surface area contributed by atoms with Gasteiger partial charge in [0.15, 0.2) is 0 Å². The molecule has 1 heterocycles. The molecule has 4 atom stereocenters. The third-order valence-corrected chi connectivity index (χ3v) is 2.94. The van der Waals surface area contributed by atoms with Crippen LogP contribution in [0.1, 0.15) is 26.7 Å². The standard InChI is InChI=1S/C12H22O7/c1-7(2)6-18-12(11(16)17)4-8(14)3-10(19-12)9(15)5-13/h7-10,13-15H,3-6H2,1-2H3,(H,16,17)/t8-,9+,10?,12+/m0/s1. The van der Waals surface area contributed by atoms with Gasteiger partial charge in [-0.15, -0.1) is 0 Å². The zero-order valence-corrected chi connectivity index (χ0v) is 11.2. The first-order valence-electron chi connectivity index (χ1n) is 6.33. The molecule has 0 aromatic rings. The molecule has 0 aromatic heterocycles. The van der Waals surface area contributed by atoms with Gasteiger partial charge < -0.3 is 29.9 Å². The number of aliphatic hydroxyl groups excluding tert-OH is 3. The normalized spacial score (nSPS) is 33.4. The minimum absolute atomic E-state index is 0.0573. The van der Waals surface area contributed by atoms with E-state index < -0.39 is 36.7 Å². The summed E-state index contributed by atoms with van der Waals surface area (Å²) < 4.78 is 10.6. The van der Waals surface area contributed by atoms with Gasteiger partial charge in [0.05, 0.1) is 25.4 Å². The molecule has 0 spiro atoms. The van der Waals surface area contributed by atoms with E-state index in [2.05, 4.69) is 0 Å². The molecule has 0 aromatic carbocycles. The summed E-state index contributed by atoms with van der Waals surface area (Å²) in [6, 6.07) is 0. The second-order valence-corrected chi connectivity index (χ2v) is 5.26. The zero-order valence-electron chi connectivity index (χ0n) is 11.2. The van der Waals surface area contributed by atoms with E-state index in [1.807, 2.05) is 13.8 Å². The van der Waals surface area contributed by atoms with Crippen molar-refractivity contribution < 1.29 is 34.7 Å². The molecule has 4 N–H and O–H groups in total. The molecule has 19 heavy (non-hydrogen) atoms. The Kier molecular flexibility index (Phi) is 5.69. The van der Waals surface area contributed by atoms with Crippen molar-refractivity contribution in [3.63, 3.8) is 0 Å². The molecule has 1 aliphatic rings. The first kappa shape index (κ1) is 16.3. The summed E-state index contributed by atoms with van der Waals surface area (Å²) in [5, 5.41) is 37.5. The van der Waals surface area contributed by atoms with Crippen LogP contribution in [-0.2, 0) is 14.3 Å². The van der Waals surface area contributed by atoms with E-state index in [4.69, 9.17) is 14.6 Å². The fourth-order valence-corrected chi connectivity index (χ4v) is 1.95. The highest BCUT2D eigenvalue weighted by Gasteiger charge is 2.50. The average Bonchev–Trinajstić information content (AvgIpc) is 2.34. The van der Waals surface area contributed by atoms with Gasteiger partial charge in [-0.05, 0) is 5.92 Å². The van der Waals surface area contributed by atoms with Gasteiger partial charge in [0, 0.05) is 12.8 Å². The molecule has 7 nitrogen and oxygen atoms in total. The van der Waals surface area contributed by atoms with Crippen molar-refractivity contribution in [2.75, 3.05) is 13.2 Å². The third-order valence-electron chi connectivity index (χ3n) is 2.94. The maximum Gasteiger partial charge on any atom is 0.364 e. The van der Waals surface area contributed by atoms with Gasteiger partial charge in [-0.2, -0.15) is 0 Å². The zero-order chi connectivity index (χ0) is 14.6. The monoisotopic (exact) mass is 278 g/mol. The van der Waals surface area contributed by atoms with Crippen LogP contribution in [0.15, 0.2) is 0 Å². The summed E-state index contributed by atoms with van der Waals surface area (Å²) in [6.07, 6.45) is -3.34. The molecular weight excluding hydrogens is 256 g/mol. The molecule has 1 rings (SSSR count). The summed E-state index contributed by atoms with van der Waals surface area (Å²) in [5.41, 5.74) is 0. The summed E-state index contributed by atoms with van der Waals surface area (Å²) >= 11 is 0. The number of hydrogen-bond donors (Lipinski definition) is 4. The van der Waals surface area contributed by atoms with Crippen LogP contribution in [0.4, 0.5) is 0 Å². The predicted molar refractivity (Wildman–Crippen MR) is 64.4 cm³/mol. The smallest absolute Gasteiger partial charge is 0.364 e. The highest BCUT2D eigenvalue weighted by molar-refractivity contribution is 5.76. The number of carboxylic acid groups (broad SMARTS) is 1. The van der Waals surface area contributed by atoms with Crippen molar-refractivity contribution in [2.24, 2.45) is 5.92 Å². The molecule has 1 fully saturated rings. The van der Waals surface area contributed by atoms with Crippen molar-refractivity contribution >= 4 is 5.97 Å². The lowest BCUT2D eigenvalue weighted by molar-refractivity contribution is -0.303. The van der Waals surface area contributed by atoms with E-state index >= 15 is 0 Å². The Balaban J connectivity index is 2.85. The Hall–Kier alpha value is -0.730. The van der Waals surface area contributed by atoms with Crippen LogP contribution in [0.2, 0.25) is 0 Å². The number of carbonyl (C=O) groups is 1. The summed E-state index contributed by atoms with van der Waals surface area (Å²) in [5.74, 6) is -3.22. The third kappa shape index (κ3) is 4.12. The molecule has 1 unspecified atom stereocenters. The topological polar surface area (TPSA) is 116 Å². The quantitative estimate of drug-likeness (QED) is 0.509. The number of ether oxygens (including phenoxy) is 2. The van der Waals surface area contributed by atoms with Gasteiger partial charge in [-0.3, -0.25) is 0 Å². The number of aliphatic carboxylic acids is 1. The van der Waals surface area contributed by atoms with Crippen LogP contribution in [0.5, 0.6) is 0 Å². The first-order valence-corrected chi connectivity index (χ1v) is 6.33. The number of rotatable bonds is 6. The molecule has 1 aliphatic heterocycles. The van der Waals surface area contributed by atoms with Crippen molar-refractivity contribution in [1.29, 1.82) is 0 Å². The molecule has 0 aliphatic carbocycles. The van der Waals surface area contributed by atoms with Crippen molar-refractivity contribution in [3.8, 4) is 0 Å². The van der Waals surface area contributed by atoms with Crippen molar-refractivity contribution in [2.45, 2.75) is 50.8 Å². The highest BCUT2D eigenvalue weighted by Crippen LogP contribution is 2.32. The maximum absolute atomic E-state index is 11.4. The molecule has 7 heteroatoms. The van der Waals surface area contributed by atoms with Crippen LogP contribution in [0.3, 0.4) is 0 Å². The van der Waals surface area contributed by atoms with E-state index in [-0.39, 0.29) is 25.4 Å². The van der Waals surface area contributed by atoms with Gasteiger partial charge in [0.2, 0.25) is 0 Å². The Morgan fingerprint density at radius 3 is 2.63 bits per heavy atom. The fraction of sp³-hybridized carbons (Fsp3) is 0.917. The molecule has 112 valence electrons. The molecule has 0 amide bonds. The van der Waals surface area contributed by atoms with Crippen LogP contribution in [0, 0.1) is 5.92 Å². The van der Waals surface area contributed by atoms with Crippen LogP contribution in [-0.4, -0.2) is 63.7 Å². The maximum atomic E-state index is 11.4. The van der Waals surface area contributed by atoms with Crippen LogP contribution < -0.4 is 0 Å². The highest BCUT2D eigenvalue weighted by atomic mass is 16.7. The van der Waals surface area contributed by atoms with Crippen LogP contribution in [0.25, 0.3) is 0 Å². The average molecular weight is 278 g/mol. The lowest BCUT2D eigenvalue weighted by Gasteiger charge is -2.41. The Morgan fingerprint density at radius 1 is 1.53 bits per heavy atom. The fourth-order valence-electron chi connectivity index (χ4n) is 1.95. The molecule has 1 saturated heterocycles. The van der Waals surface area contributed by atoms with E-state index in [1.165, 1.54) is 0 Å². The van der Waals surface area contributed by atoms with E-state index in [0.717, 1.165) is 0 Å². The van der Waals surface area contributed by atoms with Gasteiger partial charge in [-0.1, -0.05) is 13.8 Å². The van der Waals surface area contributed by atoms with Gasteiger partial charge in [-0.25, -0.2) is 4.79 Å². The van der Waals surface area contributed by atoms with Crippen LogP contribution >= 0.6 is 0 Å². The Labute approximate surface area is 111 Å². The Bertz CT molecular complexity index is 306. The van der Waals surface area contributed by atoms with Gasteiger partial charge in [0.25, 0.3) is 5.79 Å². The molecular formula is C12H22O7. The molecule has 0 radical (unpaired) electrons. The van der Waals surface area contributed by atoms with E-state index in [1.54, 1.807) is 0 Å². The van der Waals surface area contributed by atoms with Gasteiger partial charge >= 0.3 is 5.97 Å². The summed E-state index contributed by atoms with van der Waals surface area (Å²) in [7, 11) is 0. The number of aliphatic hydroxyl groups is 3. The minimum atomic E-state index is -1.97. The van der Waals surface area contributed by atoms with E-state index in [9.17, 15) is 20.1 Å². The minimum Gasteiger partial charge on any atom is -0.477 e. The summed E-state index contributed by atoms with van der Waals surface area (Å²) in [4.78, 5) is 11.4. The number of hydrogen-bond acceptors (Lipinski definition) is 6. The van der Waals surface area contributed by atoms with E-state index in [0.29, 0.717) is 0 Å². The second kappa shape index (κ2) is 6.62. The molecule has 0 bridgehead atoms. The predicted octanol–water partition coefficient (Wildman–Crippen LogP) is -0.667. The van der Waals surface area contributed by atoms with Crippen molar-refractivity contribution in [3.05, 3.63) is 0 Å². The largest absolute Gasteiger partial charge is 0.477 e. The molecule has 0 saturated carbocycles. The summed E-state index contributed by atoms with van der Waals surface area (Å²) in [6.45, 7) is 3.29. The second-order valence-electron chi connectivity index (χ2n) is 5.26. The first-order chi connectivity index (χ1) is 8.80. The van der Waals surface area contributed by atoms with Crippen molar-refractivity contribution in [1.82, 2.24) is 0 Å². The number of carboxylic acids is 1. The van der Waals surface area contributed by atoms with Gasteiger partial charge in [0.1, 0.15) is 6.10 Å². The lowest BCUT2D eigenvalue weighted by Crippen LogP contribution is -2.56. The SMILES string of the molecule is CC(C)CO[C@]1(C(=O)O)C[C@@H](O)CC([C@H](O)CO)O1. The lowest BCUT2D eigenvalue weighted by atomic mass is 9.95.